The molecule has 0 amide bonds. The minimum Gasteiger partial charge on any atom is -0.497 e. The maximum absolute atomic E-state index is 10.2. The molecule has 1 aliphatic heterocycles. The van der Waals surface area contributed by atoms with Gasteiger partial charge in [0.2, 0.25) is 0 Å². The van der Waals surface area contributed by atoms with Crippen LogP contribution in [-0.2, 0) is 9.47 Å². The Kier molecular flexibility index (Phi) is 5.01. The van der Waals surface area contributed by atoms with Crippen molar-refractivity contribution in [3.63, 3.8) is 0 Å². The lowest BCUT2D eigenvalue weighted by atomic mass is 10.1. The molecule has 5 nitrogen and oxygen atoms in total. The Morgan fingerprint density at radius 1 is 1.37 bits per heavy atom. The van der Waals surface area contributed by atoms with Gasteiger partial charge in [0.05, 0.1) is 33.5 Å². The summed E-state index contributed by atoms with van der Waals surface area (Å²) in [4.78, 5) is 0. The number of ether oxygens (including phenoxy) is 4. The molecule has 5 heteroatoms. The van der Waals surface area contributed by atoms with Gasteiger partial charge < -0.3 is 24.1 Å². The van der Waals surface area contributed by atoms with Gasteiger partial charge >= 0.3 is 0 Å². The molecule has 1 aliphatic rings. The molecule has 2 rings (SSSR count). The van der Waals surface area contributed by atoms with Crippen LogP contribution in [0.25, 0.3) is 0 Å². The average Bonchev–Trinajstić information content (AvgIpc) is 2.97. The third-order valence-electron chi connectivity index (χ3n) is 3.17. The van der Waals surface area contributed by atoms with Gasteiger partial charge in [-0.2, -0.15) is 0 Å². The molecule has 1 N–H and O–H groups in total. The monoisotopic (exact) mass is 268 g/mol. The van der Waals surface area contributed by atoms with Crippen molar-refractivity contribution in [3.8, 4) is 11.5 Å². The first-order valence-electron chi connectivity index (χ1n) is 6.34. The second-order valence-corrected chi connectivity index (χ2v) is 4.44. The Morgan fingerprint density at radius 2 is 2.21 bits per heavy atom. The molecule has 2 atom stereocenters. The Labute approximate surface area is 113 Å². The predicted molar refractivity (Wildman–Crippen MR) is 69.7 cm³/mol. The Hall–Kier alpha value is -1.30. The van der Waals surface area contributed by atoms with E-state index in [9.17, 15) is 5.11 Å². The van der Waals surface area contributed by atoms with Crippen LogP contribution in [0.3, 0.4) is 0 Å². The van der Waals surface area contributed by atoms with Crippen LogP contribution in [-0.4, -0.2) is 45.3 Å². The van der Waals surface area contributed by atoms with Crippen LogP contribution in [0.4, 0.5) is 0 Å². The SMILES string of the molecule is COc1ccc(OC)c(C(O)COC2CCOC2)c1. The van der Waals surface area contributed by atoms with Crippen molar-refractivity contribution >= 4 is 0 Å². The average molecular weight is 268 g/mol. The van der Waals surface area contributed by atoms with Crippen molar-refractivity contribution in [1.82, 2.24) is 0 Å². The zero-order valence-electron chi connectivity index (χ0n) is 11.3. The van der Waals surface area contributed by atoms with E-state index >= 15 is 0 Å². The van der Waals surface area contributed by atoms with E-state index in [0.29, 0.717) is 23.7 Å². The van der Waals surface area contributed by atoms with Gasteiger partial charge in [-0.3, -0.25) is 0 Å². The zero-order valence-corrected chi connectivity index (χ0v) is 11.3. The standard InChI is InChI=1S/C14H20O5/c1-16-10-3-4-14(17-2)12(7-10)13(15)9-19-11-5-6-18-8-11/h3-4,7,11,13,15H,5-6,8-9H2,1-2H3. The molecule has 106 valence electrons. The van der Waals surface area contributed by atoms with Gasteiger partial charge in [-0.25, -0.2) is 0 Å². The fraction of sp³-hybridized carbons (Fsp3) is 0.571. The molecule has 1 fully saturated rings. The smallest absolute Gasteiger partial charge is 0.125 e. The number of benzene rings is 1. The summed E-state index contributed by atoms with van der Waals surface area (Å²) in [6.45, 7) is 1.54. The third-order valence-corrected chi connectivity index (χ3v) is 3.17. The van der Waals surface area contributed by atoms with Crippen LogP contribution < -0.4 is 9.47 Å². The van der Waals surface area contributed by atoms with Crippen LogP contribution in [0.5, 0.6) is 11.5 Å². The van der Waals surface area contributed by atoms with E-state index in [1.54, 1.807) is 32.4 Å². The van der Waals surface area contributed by atoms with Crippen molar-refractivity contribution in [2.75, 3.05) is 34.0 Å². The molecule has 1 aromatic rings. The molecule has 0 saturated carbocycles. The summed E-state index contributed by atoms with van der Waals surface area (Å²) in [5.74, 6) is 1.30. The molecular weight excluding hydrogens is 248 g/mol. The number of hydrogen-bond donors (Lipinski definition) is 1. The molecule has 0 aromatic heterocycles. The van der Waals surface area contributed by atoms with Gasteiger partial charge in [0.25, 0.3) is 0 Å². The molecule has 19 heavy (non-hydrogen) atoms. The second kappa shape index (κ2) is 6.75. The van der Waals surface area contributed by atoms with E-state index < -0.39 is 6.10 Å². The van der Waals surface area contributed by atoms with E-state index in [2.05, 4.69) is 0 Å². The van der Waals surface area contributed by atoms with E-state index in [4.69, 9.17) is 18.9 Å². The van der Waals surface area contributed by atoms with E-state index in [0.717, 1.165) is 13.0 Å². The lowest BCUT2D eigenvalue weighted by Crippen LogP contribution is -2.17. The number of methoxy groups -OCH3 is 2. The first-order valence-corrected chi connectivity index (χ1v) is 6.34. The number of aliphatic hydroxyl groups is 1. The second-order valence-electron chi connectivity index (χ2n) is 4.44. The van der Waals surface area contributed by atoms with Crippen LogP contribution >= 0.6 is 0 Å². The van der Waals surface area contributed by atoms with Gasteiger partial charge in [0.15, 0.2) is 0 Å². The molecule has 1 aromatic carbocycles. The van der Waals surface area contributed by atoms with Crippen molar-refractivity contribution in [2.45, 2.75) is 18.6 Å². The first kappa shape index (κ1) is 14.1. The van der Waals surface area contributed by atoms with Crippen molar-refractivity contribution in [2.24, 2.45) is 0 Å². The topological polar surface area (TPSA) is 57.2 Å². The first-order chi connectivity index (χ1) is 9.24. The van der Waals surface area contributed by atoms with E-state index in [-0.39, 0.29) is 12.7 Å². The summed E-state index contributed by atoms with van der Waals surface area (Å²) in [6, 6.07) is 5.33. The van der Waals surface area contributed by atoms with Crippen LogP contribution in [0, 0.1) is 0 Å². The lowest BCUT2D eigenvalue weighted by Gasteiger charge is -2.18. The Balaban J connectivity index is 2.01. The minimum atomic E-state index is -0.745. The Bertz CT molecular complexity index is 401. The summed E-state index contributed by atoms with van der Waals surface area (Å²) in [6.07, 6.45) is 0.207. The fourth-order valence-corrected chi connectivity index (χ4v) is 2.06. The molecule has 1 saturated heterocycles. The highest BCUT2D eigenvalue weighted by molar-refractivity contribution is 5.41. The maximum Gasteiger partial charge on any atom is 0.125 e. The zero-order chi connectivity index (χ0) is 13.7. The molecule has 1 heterocycles. The largest absolute Gasteiger partial charge is 0.497 e. The number of hydrogen-bond acceptors (Lipinski definition) is 5. The number of aliphatic hydroxyl groups excluding tert-OH is 1. The predicted octanol–water partition coefficient (Wildman–Crippen LogP) is 1.54. The highest BCUT2D eigenvalue weighted by Crippen LogP contribution is 2.29. The summed E-state index contributed by atoms with van der Waals surface area (Å²) in [7, 11) is 3.16. The Morgan fingerprint density at radius 3 is 2.84 bits per heavy atom. The maximum atomic E-state index is 10.2. The van der Waals surface area contributed by atoms with Gasteiger partial charge in [0.1, 0.15) is 17.6 Å². The lowest BCUT2D eigenvalue weighted by molar-refractivity contribution is -0.0138. The highest BCUT2D eigenvalue weighted by atomic mass is 16.5. The molecular formula is C14H20O5. The van der Waals surface area contributed by atoms with Crippen molar-refractivity contribution in [1.29, 1.82) is 0 Å². The minimum absolute atomic E-state index is 0.0752. The van der Waals surface area contributed by atoms with Crippen LogP contribution in [0.2, 0.25) is 0 Å². The van der Waals surface area contributed by atoms with E-state index in [1.807, 2.05) is 0 Å². The van der Waals surface area contributed by atoms with Crippen molar-refractivity contribution in [3.05, 3.63) is 23.8 Å². The molecule has 0 radical (unpaired) electrons. The summed E-state index contributed by atoms with van der Waals surface area (Å²) >= 11 is 0. The van der Waals surface area contributed by atoms with Gasteiger partial charge in [-0.05, 0) is 24.6 Å². The normalized spacial score (nSPS) is 20.3. The number of rotatable bonds is 6. The quantitative estimate of drug-likeness (QED) is 0.848. The van der Waals surface area contributed by atoms with Gasteiger partial charge in [-0.15, -0.1) is 0 Å². The summed E-state index contributed by atoms with van der Waals surface area (Å²) in [5.41, 5.74) is 0.667. The van der Waals surface area contributed by atoms with Gasteiger partial charge in [-0.1, -0.05) is 0 Å². The fourth-order valence-electron chi connectivity index (χ4n) is 2.06. The summed E-state index contributed by atoms with van der Waals surface area (Å²) in [5, 5.41) is 10.2. The molecule has 0 spiro atoms. The highest BCUT2D eigenvalue weighted by Gasteiger charge is 2.20. The van der Waals surface area contributed by atoms with Crippen LogP contribution in [0.15, 0.2) is 18.2 Å². The third kappa shape index (κ3) is 3.59. The van der Waals surface area contributed by atoms with Gasteiger partial charge in [0, 0.05) is 12.2 Å². The van der Waals surface area contributed by atoms with E-state index in [1.165, 1.54) is 0 Å². The summed E-state index contributed by atoms with van der Waals surface area (Å²) < 4.78 is 21.2. The molecule has 0 bridgehead atoms. The van der Waals surface area contributed by atoms with Crippen molar-refractivity contribution < 1.29 is 24.1 Å². The van der Waals surface area contributed by atoms with Crippen LogP contribution in [0.1, 0.15) is 18.1 Å². The molecule has 0 aliphatic carbocycles. The molecule has 2 unspecified atom stereocenters.